The normalized spacial score (nSPS) is 10.5. The van der Waals surface area contributed by atoms with Gasteiger partial charge in [-0.3, -0.25) is 9.59 Å². The summed E-state index contributed by atoms with van der Waals surface area (Å²) in [7, 11) is 1.61. The smallest absolute Gasteiger partial charge is 0.264 e. The van der Waals surface area contributed by atoms with E-state index in [2.05, 4.69) is 0 Å². The van der Waals surface area contributed by atoms with E-state index in [1.165, 1.54) is 6.07 Å². The highest BCUT2D eigenvalue weighted by atomic mass is 16.5. The molecule has 1 heterocycles. The number of amides is 1. The number of carbonyl (C=O) groups is 1. The Labute approximate surface area is 187 Å². The van der Waals surface area contributed by atoms with Gasteiger partial charge in [0.2, 0.25) is 5.43 Å². The molecule has 0 fully saturated rings. The topological polar surface area (TPSA) is 70.0 Å². The molecule has 168 valence electrons. The summed E-state index contributed by atoms with van der Waals surface area (Å²) in [6.07, 6.45) is 1.70. The lowest BCUT2D eigenvalue weighted by Gasteiger charge is -2.21. The zero-order valence-electron chi connectivity index (χ0n) is 18.6. The van der Waals surface area contributed by atoms with Crippen molar-refractivity contribution in [1.82, 2.24) is 4.57 Å². The highest BCUT2D eigenvalue weighted by Gasteiger charge is 2.16. The quantitative estimate of drug-likeness (QED) is 0.485. The number of para-hydroxylation sites is 1. The standard InChI is InChI=1S/C25H28N2O5/c1-4-27(20-8-6-5-7-9-20)24(29)18-32-25-19(2)26(15-14-23(25)28)16-17-31-22-12-10-21(30-3)11-13-22/h5-15H,4,16-18H2,1-3H3. The minimum atomic E-state index is -0.259. The lowest BCUT2D eigenvalue weighted by atomic mass is 10.3. The number of ether oxygens (including phenoxy) is 3. The molecule has 32 heavy (non-hydrogen) atoms. The van der Waals surface area contributed by atoms with Crippen molar-refractivity contribution in [2.24, 2.45) is 0 Å². The Morgan fingerprint density at radius 2 is 1.66 bits per heavy atom. The molecule has 0 N–H and O–H groups in total. The zero-order valence-corrected chi connectivity index (χ0v) is 18.6. The van der Waals surface area contributed by atoms with Gasteiger partial charge < -0.3 is 23.7 Å². The van der Waals surface area contributed by atoms with Gasteiger partial charge in [-0.1, -0.05) is 18.2 Å². The van der Waals surface area contributed by atoms with E-state index in [1.54, 1.807) is 25.1 Å². The fraction of sp³-hybridized carbons (Fsp3) is 0.280. The Bertz CT molecular complexity index is 1080. The third kappa shape index (κ3) is 5.69. The molecule has 0 saturated heterocycles. The summed E-state index contributed by atoms with van der Waals surface area (Å²) in [5, 5.41) is 0. The van der Waals surface area contributed by atoms with Gasteiger partial charge in [-0.25, -0.2) is 0 Å². The minimum Gasteiger partial charge on any atom is -0.497 e. The number of benzene rings is 2. The first-order chi connectivity index (χ1) is 15.5. The minimum absolute atomic E-state index is 0.175. The number of hydrogen-bond donors (Lipinski definition) is 0. The molecule has 0 atom stereocenters. The molecule has 0 spiro atoms. The van der Waals surface area contributed by atoms with E-state index in [0.29, 0.717) is 25.4 Å². The molecule has 3 rings (SSSR count). The van der Waals surface area contributed by atoms with E-state index < -0.39 is 0 Å². The number of rotatable bonds is 10. The summed E-state index contributed by atoms with van der Waals surface area (Å²) < 4.78 is 18.5. The van der Waals surface area contributed by atoms with Crippen molar-refractivity contribution in [2.75, 3.05) is 31.8 Å². The number of pyridine rings is 1. The van der Waals surface area contributed by atoms with Crippen LogP contribution < -0.4 is 24.5 Å². The zero-order chi connectivity index (χ0) is 22.9. The van der Waals surface area contributed by atoms with Crippen molar-refractivity contribution in [2.45, 2.75) is 20.4 Å². The second kappa shape index (κ2) is 11.0. The Kier molecular flexibility index (Phi) is 7.91. The van der Waals surface area contributed by atoms with Gasteiger partial charge in [0, 0.05) is 24.5 Å². The highest BCUT2D eigenvalue weighted by molar-refractivity contribution is 5.94. The van der Waals surface area contributed by atoms with E-state index in [9.17, 15) is 9.59 Å². The first kappa shape index (κ1) is 22.9. The molecule has 0 unspecified atom stereocenters. The third-order valence-corrected chi connectivity index (χ3v) is 5.07. The predicted molar refractivity (Wildman–Crippen MR) is 124 cm³/mol. The van der Waals surface area contributed by atoms with E-state index in [1.807, 2.05) is 66.1 Å². The molecule has 1 amide bonds. The number of nitrogens with zero attached hydrogens (tertiary/aromatic N) is 2. The maximum absolute atomic E-state index is 12.7. The van der Waals surface area contributed by atoms with Gasteiger partial charge in [0.05, 0.1) is 19.3 Å². The predicted octanol–water partition coefficient (Wildman–Crippen LogP) is 3.68. The van der Waals surface area contributed by atoms with Crippen LogP contribution >= 0.6 is 0 Å². The van der Waals surface area contributed by atoms with Crippen LogP contribution in [0.25, 0.3) is 0 Å². The molecule has 1 aromatic heterocycles. The van der Waals surface area contributed by atoms with Crippen molar-refractivity contribution in [1.29, 1.82) is 0 Å². The number of hydrogen-bond acceptors (Lipinski definition) is 5. The molecule has 0 radical (unpaired) electrons. The highest BCUT2D eigenvalue weighted by Crippen LogP contribution is 2.18. The van der Waals surface area contributed by atoms with Crippen molar-refractivity contribution in [3.05, 3.63) is 82.8 Å². The van der Waals surface area contributed by atoms with Crippen LogP contribution in [0.2, 0.25) is 0 Å². The van der Waals surface area contributed by atoms with Crippen LogP contribution in [0.4, 0.5) is 5.69 Å². The molecule has 0 bridgehead atoms. The first-order valence-electron chi connectivity index (χ1n) is 10.5. The Morgan fingerprint density at radius 1 is 0.969 bits per heavy atom. The number of carbonyl (C=O) groups excluding carboxylic acids is 1. The van der Waals surface area contributed by atoms with Gasteiger partial charge in [0.25, 0.3) is 5.91 Å². The fourth-order valence-electron chi connectivity index (χ4n) is 3.33. The summed E-state index contributed by atoms with van der Waals surface area (Å²) in [6, 6.07) is 18.2. The van der Waals surface area contributed by atoms with Gasteiger partial charge in [-0.15, -0.1) is 0 Å². The Morgan fingerprint density at radius 3 is 2.31 bits per heavy atom. The number of methoxy groups -OCH3 is 1. The van der Waals surface area contributed by atoms with Crippen LogP contribution in [0.1, 0.15) is 12.6 Å². The van der Waals surface area contributed by atoms with Gasteiger partial charge >= 0.3 is 0 Å². The van der Waals surface area contributed by atoms with E-state index in [4.69, 9.17) is 14.2 Å². The summed E-state index contributed by atoms with van der Waals surface area (Å²) in [5.41, 5.74) is 1.18. The SMILES string of the molecule is CCN(C(=O)COc1c(C)n(CCOc2ccc(OC)cc2)ccc1=O)c1ccccc1. The van der Waals surface area contributed by atoms with Gasteiger partial charge in [0.1, 0.15) is 18.1 Å². The lowest BCUT2D eigenvalue weighted by molar-refractivity contribution is -0.120. The van der Waals surface area contributed by atoms with Crippen LogP contribution in [0.15, 0.2) is 71.7 Å². The van der Waals surface area contributed by atoms with Gasteiger partial charge in [-0.2, -0.15) is 0 Å². The average molecular weight is 437 g/mol. The largest absolute Gasteiger partial charge is 0.497 e. The number of aromatic nitrogens is 1. The molecule has 0 aliphatic carbocycles. The number of anilines is 1. The summed E-state index contributed by atoms with van der Waals surface area (Å²) in [6.45, 7) is 4.91. The van der Waals surface area contributed by atoms with Gasteiger partial charge in [0.15, 0.2) is 12.4 Å². The fourth-order valence-corrected chi connectivity index (χ4v) is 3.33. The van der Waals surface area contributed by atoms with Crippen molar-refractivity contribution in [3.8, 4) is 17.2 Å². The van der Waals surface area contributed by atoms with Crippen LogP contribution in [0.3, 0.4) is 0 Å². The summed E-state index contributed by atoms with van der Waals surface area (Å²) >= 11 is 0. The monoisotopic (exact) mass is 436 g/mol. The van der Waals surface area contributed by atoms with E-state index in [0.717, 1.165) is 17.2 Å². The molecule has 2 aromatic carbocycles. The van der Waals surface area contributed by atoms with Gasteiger partial charge in [-0.05, 0) is 50.2 Å². The molecule has 0 aliphatic rings. The van der Waals surface area contributed by atoms with Crippen molar-refractivity contribution in [3.63, 3.8) is 0 Å². The maximum Gasteiger partial charge on any atom is 0.264 e. The second-order valence-corrected chi connectivity index (χ2v) is 7.07. The molecule has 0 saturated carbocycles. The first-order valence-corrected chi connectivity index (χ1v) is 10.5. The Hall–Kier alpha value is -3.74. The lowest BCUT2D eigenvalue weighted by Crippen LogP contribution is -2.35. The molecule has 0 aliphatic heterocycles. The van der Waals surface area contributed by atoms with E-state index >= 15 is 0 Å². The summed E-state index contributed by atoms with van der Waals surface area (Å²) in [5.74, 6) is 1.45. The second-order valence-electron chi connectivity index (χ2n) is 7.07. The third-order valence-electron chi connectivity index (χ3n) is 5.07. The Balaban J connectivity index is 1.62. The molecule has 3 aromatic rings. The van der Waals surface area contributed by atoms with Crippen LogP contribution in [-0.2, 0) is 11.3 Å². The van der Waals surface area contributed by atoms with Crippen molar-refractivity contribution < 1.29 is 19.0 Å². The van der Waals surface area contributed by atoms with Crippen molar-refractivity contribution >= 4 is 11.6 Å². The molecular weight excluding hydrogens is 408 g/mol. The van der Waals surface area contributed by atoms with E-state index in [-0.39, 0.29) is 23.7 Å². The van der Waals surface area contributed by atoms with Crippen LogP contribution in [0, 0.1) is 6.92 Å². The van der Waals surface area contributed by atoms with Crippen LogP contribution in [0.5, 0.6) is 17.2 Å². The molecule has 7 heteroatoms. The van der Waals surface area contributed by atoms with Crippen LogP contribution in [-0.4, -0.2) is 37.3 Å². The maximum atomic E-state index is 12.7. The average Bonchev–Trinajstić information content (AvgIpc) is 2.82. The molecular formula is C25H28N2O5. The summed E-state index contributed by atoms with van der Waals surface area (Å²) in [4.78, 5) is 26.7. The number of likely N-dealkylation sites (N-methyl/N-ethyl adjacent to an activating group) is 1. The molecule has 7 nitrogen and oxygen atoms in total.